The second kappa shape index (κ2) is 5.18. The van der Waals surface area contributed by atoms with Gasteiger partial charge in [0.2, 0.25) is 0 Å². The molecule has 1 saturated carbocycles. The molecule has 2 unspecified atom stereocenters. The second-order valence-electron chi connectivity index (χ2n) is 4.54. The number of amides is 1. The van der Waals surface area contributed by atoms with Crippen molar-refractivity contribution in [1.29, 1.82) is 0 Å². The van der Waals surface area contributed by atoms with Crippen LogP contribution in [0.25, 0.3) is 0 Å². The van der Waals surface area contributed by atoms with E-state index in [1.807, 2.05) is 4.98 Å². The quantitative estimate of drug-likeness (QED) is 0.550. The van der Waals surface area contributed by atoms with E-state index in [-0.39, 0.29) is 17.7 Å². The molecule has 18 heavy (non-hydrogen) atoms. The summed E-state index contributed by atoms with van der Waals surface area (Å²) in [7, 11) is 0. The lowest BCUT2D eigenvalue weighted by Gasteiger charge is -2.10. The number of hydrogen-bond acceptors (Lipinski definition) is 4. The number of hydrogen-bond donors (Lipinski definition) is 4. The van der Waals surface area contributed by atoms with Crippen LogP contribution in [-0.4, -0.2) is 33.6 Å². The standard InChI is InChI=1S/C11H15N3O4/c15-7-2-1-6(3-7)5-12-10(17)8-4-9(16)14-11(18)13-8/h4,6-7,15H,1-3,5H2,(H,12,17)(H2,13,14,16,18). The van der Waals surface area contributed by atoms with E-state index in [1.165, 1.54) is 0 Å². The Hall–Kier alpha value is -1.89. The van der Waals surface area contributed by atoms with Crippen LogP contribution in [0.15, 0.2) is 15.7 Å². The highest BCUT2D eigenvalue weighted by Gasteiger charge is 2.23. The molecule has 2 rings (SSSR count). The lowest BCUT2D eigenvalue weighted by molar-refractivity contribution is 0.0939. The molecule has 7 heteroatoms. The fourth-order valence-corrected chi connectivity index (χ4v) is 2.16. The maximum absolute atomic E-state index is 11.7. The molecule has 0 spiro atoms. The summed E-state index contributed by atoms with van der Waals surface area (Å²) in [5.41, 5.74) is -1.37. The lowest BCUT2D eigenvalue weighted by Crippen LogP contribution is -2.33. The van der Waals surface area contributed by atoms with Gasteiger partial charge < -0.3 is 15.4 Å². The average Bonchev–Trinajstić information content (AvgIpc) is 2.70. The largest absolute Gasteiger partial charge is 0.393 e. The van der Waals surface area contributed by atoms with Crippen molar-refractivity contribution >= 4 is 5.91 Å². The lowest BCUT2D eigenvalue weighted by atomic mass is 10.1. The van der Waals surface area contributed by atoms with Crippen molar-refractivity contribution in [3.63, 3.8) is 0 Å². The fourth-order valence-electron chi connectivity index (χ4n) is 2.16. The van der Waals surface area contributed by atoms with Gasteiger partial charge in [0.05, 0.1) is 6.10 Å². The molecule has 0 saturated heterocycles. The van der Waals surface area contributed by atoms with Gasteiger partial charge in [-0.15, -0.1) is 0 Å². The number of aromatic amines is 2. The number of H-pyrrole nitrogens is 2. The van der Waals surface area contributed by atoms with Crippen LogP contribution < -0.4 is 16.6 Å². The highest BCUT2D eigenvalue weighted by Crippen LogP contribution is 2.24. The smallest absolute Gasteiger partial charge is 0.326 e. The van der Waals surface area contributed by atoms with Gasteiger partial charge in [0.15, 0.2) is 0 Å². The average molecular weight is 253 g/mol. The third-order valence-electron chi connectivity index (χ3n) is 3.07. The van der Waals surface area contributed by atoms with Gasteiger partial charge in [-0.05, 0) is 25.2 Å². The van der Waals surface area contributed by atoms with Crippen LogP contribution in [0.3, 0.4) is 0 Å². The van der Waals surface area contributed by atoms with Gasteiger partial charge in [-0.2, -0.15) is 0 Å². The van der Waals surface area contributed by atoms with Gasteiger partial charge in [-0.25, -0.2) is 4.79 Å². The van der Waals surface area contributed by atoms with E-state index in [1.54, 1.807) is 0 Å². The summed E-state index contributed by atoms with van der Waals surface area (Å²) < 4.78 is 0. The molecule has 1 fully saturated rings. The van der Waals surface area contributed by atoms with Crippen LogP contribution in [0, 0.1) is 5.92 Å². The minimum Gasteiger partial charge on any atom is -0.393 e. The first-order valence-electron chi connectivity index (χ1n) is 5.84. The van der Waals surface area contributed by atoms with Crippen LogP contribution in [0.4, 0.5) is 0 Å². The van der Waals surface area contributed by atoms with Crippen LogP contribution in [0.1, 0.15) is 29.8 Å². The molecule has 1 aromatic rings. The Bertz CT molecular complexity index is 519. The Morgan fingerprint density at radius 3 is 2.78 bits per heavy atom. The van der Waals surface area contributed by atoms with Crippen LogP contribution in [0.5, 0.6) is 0 Å². The van der Waals surface area contributed by atoms with Crippen LogP contribution >= 0.6 is 0 Å². The van der Waals surface area contributed by atoms with E-state index in [4.69, 9.17) is 0 Å². The van der Waals surface area contributed by atoms with Crippen molar-refractivity contribution in [2.24, 2.45) is 5.92 Å². The topological polar surface area (TPSA) is 115 Å². The monoisotopic (exact) mass is 253 g/mol. The molecule has 1 heterocycles. The Balaban J connectivity index is 1.95. The maximum Gasteiger partial charge on any atom is 0.326 e. The Kier molecular flexibility index (Phi) is 3.61. The van der Waals surface area contributed by atoms with Crippen molar-refractivity contribution < 1.29 is 9.90 Å². The zero-order valence-electron chi connectivity index (χ0n) is 9.73. The van der Waals surface area contributed by atoms with Gasteiger partial charge in [0.25, 0.3) is 11.5 Å². The van der Waals surface area contributed by atoms with E-state index >= 15 is 0 Å². The molecule has 0 aliphatic heterocycles. The first-order valence-corrected chi connectivity index (χ1v) is 5.84. The van der Waals surface area contributed by atoms with Crippen molar-refractivity contribution in [2.75, 3.05) is 6.54 Å². The SMILES string of the molecule is O=C(NCC1CCC(O)C1)c1cc(=O)[nH]c(=O)[nH]1. The van der Waals surface area contributed by atoms with Crippen molar-refractivity contribution in [3.05, 3.63) is 32.6 Å². The zero-order valence-corrected chi connectivity index (χ0v) is 9.73. The van der Waals surface area contributed by atoms with Gasteiger partial charge in [0.1, 0.15) is 5.69 Å². The minimum atomic E-state index is -0.705. The van der Waals surface area contributed by atoms with E-state index in [0.717, 1.165) is 18.9 Å². The van der Waals surface area contributed by atoms with Crippen molar-refractivity contribution in [3.8, 4) is 0 Å². The van der Waals surface area contributed by atoms with Crippen LogP contribution in [0.2, 0.25) is 0 Å². The van der Waals surface area contributed by atoms with Gasteiger partial charge in [-0.3, -0.25) is 14.6 Å². The van der Waals surface area contributed by atoms with Crippen molar-refractivity contribution in [2.45, 2.75) is 25.4 Å². The summed E-state index contributed by atoms with van der Waals surface area (Å²) in [5, 5.41) is 12.0. The number of carbonyl (C=O) groups is 1. The molecule has 1 aliphatic rings. The molecule has 0 aromatic carbocycles. The third-order valence-corrected chi connectivity index (χ3v) is 3.07. The van der Waals surface area contributed by atoms with E-state index in [9.17, 15) is 19.5 Å². The normalized spacial score (nSPS) is 22.9. The number of aromatic nitrogens is 2. The second-order valence-corrected chi connectivity index (χ2v) is 4.54. The molecule has 1 amide bonds. The highest BCUT2D eigenvalue weighted by atomic mass is 16.3. The minimum absolute atomic E-state index is 0.0534. The molecule has 1 aromatic heterocycles. The number of carbonyl (C=O) groups excluding carboxylic acids is 1. The number of nitrogens with one attached hydrogen (secondary N) is 3. The molecule has 1 aliphatic carbocycles. The predicted octanol–water partition coefficient (Wildman–Crippen LogP) is -1.05. The zero-order chi connectivity index (χ0) is 13.1. The predicted molar refractivity (Wildman–Crippen MR) is 63.4 cm³/mol. The first kappa shape index (κ1) is 12.6. The van der Waals surface area contributed by atoms with E-state index in [0.29, 0.717) is 13.0 Å². The molecule has 0 radical (unpaired) electrons. The summed E-state index contributed by atoms with van der Waals surface area (Å²) in [6.07, 6.45) is 2.01. The number of rotatable bonds is 3. The highest BCUT2D eigenvalue weighted by molar-refractivity contribution is 5.91. The molecular weight excluding hydrogens is 238 g/mol. The molecule has 7 nitrogen and oxygen atoms in total. The number of aliphatic hydroxyl groups is 1. The van der Waals surface area contributed by atoms with Gasteiger partial charge in [0, 0.05) is 12.6 Å². The molecule has 0 bridgehead atoms. The van der Waals surface area contributed by atoms with E-state index < -0.39 is 17.2 Å². The molecule has 2 atom stereocenters. The summed E-state index contributed by atoms with van der Waals surface area (Å²) >= 11 is 0. The maximum atomic E-state index is 11.7. The Morgan fingerprint density at radius 1 is 1.39 bits per heavy atom. The first-order chi connectivity index (χ1) is 8.54. The van der Waals surface area contributed by atoms with Crippen LogP contribution in [-0.2, 0) is 0 Å². The Labute approximate surface area is 102 Å². The fraction of sp³-hybridized carbons (Fsp3) is 0.545. The third kappa shape index (κ3) is 3.07. The Morgan fingerprint density at radius 2 is 2.17 bits per heavy atom. The summed E-state index contributed by atoms with van der Waals surface area (Å²) in [6, 6.07) is 1.04. The summed E-state index contributed by atoms with van der Waals surface area (Å²) in [6.45, 7) is 0.435. The van der Waals surface area contributed by atoms with Gasteiger partial charge in [-0.1, -0.05) is 0 Å². The molecule has 98 valence electrons. The van der Waals surface area contributed by atoms with Gasteiger partial charge >= 0.3 is 5.69 Å². The summed E-state index contributed by atoms with van der Waals surface area (Å²) in [4.78, 5) is 38.0. The van der Waals surface area contributed by atoms with E-state index in [2.05, 4.69) is 10.3 Å². The summed E-state index contributed by atoms with van der Waals surface area (Å²) in [5.74, 6) is -0.239. The molecular formula is C11H15N3O4. The van der Waals surface area contributed by atoms with Crippen molar-refractivity contribution in [1.82, 2.24) is 15.3 Å². The molecule has 4 N–H and O–H groups in total. The number of aliphatic hydroxyl groups excluding tert-OH is 1.